The number of aliphatic hydroxyl groups excluding tert-OH is 1. The number of H-pyrrole nitrogens is 1. The highest BCUT2D eigenvalue weighted by Crippen LogP contribution is 2.29. The Morgan fingerprint density at radius 3 is 2.19 bits per heavy atom. The molecule has 2 aromatic carbocycles. The number of carboxylic acid groups (broad SMARTS) is 2. The molecule has 0 radical (unpaired) electrons. The van der Waals surface area contributed by atoms with Crippen molar-refractivity contribution < 1.29 is 30.0 Å². The molecule has 1 aliphatic rings. The first kappa shape index (κ1) is 23.0. The van der Waals surface area contributed by atoms with Crippen LogP contribution < -0.4 is 10.9 Å². The summed E-state index contributed by atoms with van der Waals surface area (Å²) in [6.07, 6.45) is 0.400. The maximum absolute atomic E-state index is 11.5. The number of fused-ring (bicyclic) bond motifs is 2. The molecular weight excluding hydrogens is 416 g/mol. The molecule has 0 spiro atoms. The second-order valence-corrected chi connectivity index (χ2v) is 7.55. The minimum Gasteiger partial charge on any atom is -0.506 e. The summed E-state index contributed by atoms with van der Waals surface area (Å²) in [6.45, 7) is 0.414. The zero-order valence-electron chi connectivity index (χ0n) is 17.1. The van der Waals surface area contributed by atoms with Gasteiger partial charge in [-0.3, -0.25) is 14.4 Å². The van der Waals surface area contributed by atoms with E-state index in [0.29, 0.717) is 29.1 Å². The Morgan fingerprint density at radius 1 is 1.00 bits per heavy atom. The lowest BCUT2D eigenvalue weighted by molar-refractivity contribution is -0.147. The van der Waals surface area contributed by atoms with Crippen molar-refractivity contribution in [2.24, 2.45) is 0 Å². The predicted molar refractivity (Wildman–Crippen MR) is 117 cm³/mol. The molecule has 9 nitrogen and oxygen atoms in total. The number of nitrogens with one attached hydrogen (secondary N) is 2. The fraction of sp³-hybridized carbons (Fsp3) is 0.261. The van der Waals surface area contributed by atoms with E-state index in [1.54, 1.807) is 12.1 Å². The molecule has 32 heavy (non-hydrogen) atoms. The largest absolute Gasteiger partial charge is 0.506 e. The van der Waals surface area contributed by atoms with Crippen LogP contribution in [0.25, 0.3) is 10.9 Å². The number of carboxylic acids is 2. The van der Waals surface area contributed by atoms with E-state index in [4.69, 9.17) is 10.2 Å². The molecule has 0 aliphatic heterocycles. The molecule has 0 bridgehead atoms. The Balaban J connectivity index is 0.000000360. The number of rotatable bonds is 6. The molecule has 9 heteroatoms. The number of benzene rings is 2. The Hall–Kier alpha value is -3.69. The summed E-state index contributed by atoms with van der Waals surface area (Å²) in [5.74, 6) is -2.62. The van der Waals surface area contributed by atoms with Crippen molar-refractivity contribution in [3.05, 3.63) is 75.6 Å². The van der Waals surface area contributed by atoms with Crippen LogP contribution in [0.1, 0.15) is 29.2 Å². The molecule has 0 fully saturated rings. The van der Waals surface area contributed by atoms with Gasteiger partial charge in [0.25, 0.3) is 0 Å². The number of hydrogen-bond acceptors (Lipinski definition) is 6. The van der Waals surface area contributed by atoms with Crippen molar-refractivity contribution in [3.8, 4) is 5.75 Å². The third-order valence-electron chi connectivity index (χ3n) is 5.22. The van der Waals surface area contributed by atoms with Crippen molar-refractivity contribution in [1.82, 2.24) is 10.3 Å². The van der Waals surface area contributed by atoms with Crippen LogP contribution >= 0.6 is 0 Å². The Bertz CT molecular complexity index is 1150. The maximum atomic E-state index is 11.5. The van der Waals surface area contributed by atoms with E-state index in [1.165, 1.54) is 23.3 Å². The Kier molecular flexibility index (Phi) is 7.24. The molecule has 1 heterocycles. The van der Waals surface area contributed by atoms with Gasteiger partial charge in [0.2, 0.25) is 5.56 Å². The standard InChI is InChI=1S/C20H20N2O3.C3H4O4/c23-17-7-5-15(16-6-8-19(25)22-20(16)17)18(24)11-21-14-9-12-3-1-2-4-13(12)10-14;4-2(5)1-3(6)7/h1-8,14,18,21,23-24H,9-11H2,(H,22,25);1H2,(H,4,5)(H,6,7). The molecule has 1 unspecified atom stereocenters. The van der Waals surface area contributed by atoms with Crippen molar-refractivity contribution in [3.63, 3.8) is 0 Å². The molecule has 6 N–H and O–H groups in total. The van der Waals surface area contributed by atoms with Gasteiger partial charge in [-0.15, -0.1) is 0 Å². The quantitative estimate of drug-likeness (QED) is 0.315. The molecule has 3 aromatic rings. The van der Waals surface area contributed by atoms with Crippen molar-refractivity contribution in [1.29, 1.82) is 0 Å². The lowest BCUT2D eigenvalue weighted by Gasteiger charge is -2.18. The van der Waals surface area contributed by atoms with Crippen molar-refractivity contribution in [2.75, 3.05) is 6.54 Å². The summed E-state index contributed by atoms with van der Waals surface area (Å²) in [4.78, 5) is 33.0. The van der Waals surface area contributed by atoms with E-state index < -0.39 is 24.5 Å². The van der Waals surface area contributed by atoms with E-state index in [0.717, 1.165) is 12.8 Å². The number of phenolic OH excluding ortho intramolecular Hbond substituents is 1. The third-order valence-corrected chi connectivity index (χ3v) is 5.22. The molecule has 1 aliphatic carbocycles. The number of hydrogen-bond donors (Lipinski definition) is 6. The van der Waals surface area contributed by atoms with Crippen LogP contribution in [0.15, 0.2) is 53.3 Å². The summed E-state index contributed by atoms with van der Waals surface area (Å²) in [5.41, 5.74) is 3.49. The molecule has 4 rings (SSSR count). The van der Waals surface area contributed by atoms with Gasteiger partial charge in [0.05, 0.1) is 11.6 Å². The number of carbonyl (C=O) groups is 2. The van der Waals surface area contributed by atoms with E-state index in [9.17, 15) is 24.6 Å². The second kappa shape index (κ2) is 10.1. The van der Waals surface area contributed by atoms with Crippen LogP contribution in [0.5, 0.6) is 5.75 Å². The van der Waals surface area contributed by atoms with Crippen molar-refractivity contribution in [2.45, 2.75) is 31.4 Å². The maximum Gasteiger partial charge on any atom is 0.314 e. The summed E-state index contributed by atoms with van der Waals surface area (Å²) in [5, 5.41) is 40.1. The first-order chi connectivity index (χ1) is 15.2. The molecule has 0 saturated heterocycles. The fourth-order valence-corrected chi connectivity index (χ4v) is 3.77. The van der Waals surface area contributed by atoms with E-state index in [-0.39, 0.29) is 11.3 Å². The normalized spacial score (nSPS) is 13.8. The molecule has 168 valence electrons. The fourth-order valence-electron chi connectivity index (χ4n) is 3.77. The number of aromatic hydroxyl groups is 1. The topological polar surface area (TPSA) is 160 Å². The van der Waals surface area contributed by atoms with Gasteiger partial charge in [-0.25, -0.2) is 0 Å². The van der Waals surface area contributed by atoms with Gasteiger partial charge in [0, 0.05) is 24.0 Å². The number of aromatic amines is 1. The smallest absolute Gasteiger partial charge is 0.314 e. The molecule has 1 atom stereocenters. The summed E-state index contributed by atoms with van der Waals surface area (Å²) in [7, 11) is 0. The average Bonchev–Trinajstić information content (AvgIpc) is 3.15. The van der Waals surface area contributed by atoms with Gasteiger partial charge in [-0.05, 0) is 41.7 Å². The number of aromatic nitrogens is 1. The van der Waals surface area contributed by atoms with Crippen LogP contribution in [0.3, 0.4) is 0 Å². The summed E-state index contributed by atoms with van der Waals surface area (Å²) in [6, 6.07) is 15.0. The van der Waals surface area contributed by atoms with Gasteiger partial charge in [0.1, 0.15) is 12.2 Å². The zero-order chi connectivity index (χ0) is 23.3. The predicted octanol–water partition coefficient (Wildman–Crippen LogP) is 1.57. The molecule has 0 amide bonds. The monoisotopic (exact) mass is 440 g/mol. The zero-order valence-corrected chi connectivity index (χ0v) is 17.1. The molecule has 0 saturated carbocycles. The Labute approximate surface area is 183 Å². The summed E-state index contributed by atoms with van der Waals surface area (Å²) < 4.78 is 0. The second-order valence-electron chi connectivity index (χ2n) is 7.55. The van der Waals surface area contributed by atoms with Gasteiger partial charge in [-0.2, -0.15) is 0 Å². The van der Waals surface area contributed by atoms with Crippen LogP contribution in [0, 0.1) is 0 Å². The van der Waals surface area contributed by atoms with Gasteiger partial charge >= 0.3 is 11.9 Å². The molecule has 1 aromatic heterocycles. The van der Waals surface area contributed by atoms with Gasteiger partial charge in [-0.1, -0.05) is 30.3 Å². The average molecular weight is 440 g/mol. The first-order valence-electron chi connectivity index (χ1n) is 10.0. The van der Waals surface area contributed by atoms with Gasteiger partial charge in [0.15, 0.2) is 0 Å². The van der Waals surface area contributed by atoms with Gasteiger partial charge < -0.3 is 30.7 Å². The highest BCUT2D eigenvalue weighted by Gasteiger charge is 2.22. The number of aliphatic hydroxyl groups is 1. The first-order valence-corrected chi connectivity index (χ1v) is 10.0. The molecular formula is C23H24N2O7. The summed E-state index contributed by atoms with van der Waals surface area (Å²) >= 11 is 0. The van der Waals surface area contributed by atoms with E-state index in [1.807, 2.05) is 0 Å². The highest BCUT2D eigenvalue weighted by atomic mass is 16.4. The number of pyridine rings is 1. The Morgan fingerprint density at radius 2 is 1.62 bits per heavy atom. The minimum atomic E-state index is -1.31. The van der Waals surface area contributed by atoms with E-state index >= 15 is 0 Å². The lowest BCUT2D eigenvalue weighted by Crippen LogP contribution is -2.33. The number of phenols is 1. The van der Waals surface area contributed by atoms with Crippen molar-refractivity contribution >= 4 is 22.8 Å². The number of aliphatic carboxylic acids is 2. The van der Waals surface area contributed by atoms with Crippen LogP contribution in [0.4, 0.5) is 0 Å². The van der Waals surface area contributed by atoms with E-state index in [2.05, 4.69) is 34.6 Å². The highest BCUT2D eigenvalue weighted by molar-refractivity contribution is 5.89. The lowest BCUT2D eigenvalue weighted by atomic mass is 10.0. The van der Waals surface area contributed by atoms with Crippen LogP contribution in [0.2, 0.25) is 0 Å². The van der Waals surface area contributed by atoms with Crippen LogP contribution in [-0.2, 0) is 22.4 Å². The third kappa shape index (κ3) is 5.71. The SMILES string of the molecule is O=C(O)CC(=O)O.O=c1ccc2c(C(O)CNC3Cc4ccccc4C3)ccc(O)c2[nH]1. The minimum absolute atomic E-state index is 0.00264. The van der Waals surface area contributed by atoms with Crippen LogP contribution in [-0.4, -0.2) is 49.9 Å².